The van der Waals surface area contributed by atoms with E-state index in [2.05, 4.69) is 15.5 Å². The number of aromatic nitrogens is 4. The lowest BCUT2D eigenvalue weighted by Crippen LogP contribution is -2.20. The average Bonchev–Trinajstić information content (AvgIpc) is 2.86. The lowest BCUT2D eigenvalue weighted by atomic mass is 9.99. The molecule has 1 heterocycles. The molecule has 0 radical (unpaired) electrons. The van der Waals surface area contributed by atoms with Gasteiger partial charge in [0.1, 0.15) is 0 Å². The third-order valence-electron chi connectivity index (χ3n) is 3.11. The Hall–Kier alpha value is -1.75. The number of tetrazole rings is 1. The van der Waals surface area contributed by atoms with E-state index in [1.807, 2.05) is 44.2 Å². The van der Waals surface area contributed by atoms with E-state index in [0.29, 0.717) is 6.42 Å². The van der Waals surface area contributed by atoms with E-state index in [1.54, 1.807) is 4.68 Å². The molecule has 0 aliphatic carbocycles. The molecule has 5 nitrogen and oxygen atoms in total. The van der Waals surface area contributed by atoms with Crippen LogP contribution >= 0.6 is 0 Å². The Labute approximate surface area is 106 Å². The molecule has 0 spiro atoms. The molecule has 0 amide bonds. The quantitative estimate of drug-likeness (QED) is 0.870. The number of aliphatic hydroxyl groups excluding tert-OH is 1. The van der Waals surface area contributed by atoms with E-state index in [-0.39, 0.29) is 12.0 Å². The maximum absolute atomic E-state index is 9.81. The first-order valence-corrected chi connectivity index (χ1v) is 6.23. The van der Waals surface area contributed by atoms with Crippen LogP contribution in [0.3, 0.4) is 0 Å². The van der Waals surface area contributed by atoms with E-state index >= 15 is 0 Å². The van der Waals surface area contributed by atoms with Gasteiger partial charge in [0.15, 0.2) is 5.82 Å². The lowest BCUT2D eigenvalue weighted by Gasteiger charge is -2.16. The van der Waals surface area contributed by atoms with Gasteiger partial charge in [0.05, 0.1) is 11.8 Å². The van der Waals surface area contributed by atoms with E-state index in [4.69, 9.17) is 0 Å². The predicted octanol–water partition coefficient (Wildman–Crippen LogP) is 1.61. The van der Waals surface area contributed by atoms with Crippen LogP contribution in [-0.2, 0) is 6.42 Å². The van der Waals surface area contributed by atoms with Crippen molar-refractivity contribution >= 4 is 0 Å². The molecule has 2 aromatic rings. The van der Waals surface area contributed by atoms with Crippen molar-refractivity contribution in [3.8, 4) is 5.69 Å². The molecule has 2 rings (SSSR count). The molecule has 0 bridgehead atoms. The number of para-hydroxylation sites is 1. The highest BCUT2D eigenvalue weighted by molar-refractivity contribution is 5.30. The summed E-state index contributed by atoms with van der Waals surface area (Å²) in [6.07, 6.45) is 1.09. The second kappa shape index (κ2) is 5.73. The van der Waals surface area contributed by atoms with Gasteiger partial charge in [-0.2, -0.15) is 4.68 Å². The number of hydrogen-bond donors (Lipinski definition) is 1. The molecule has 1 aromatic heterocycles. The van der Waals surface area contributed by atoms with Crippen LogP contribution in [0.1, 0.15) is 26.1 Å². The van der Waals surface area contributed by atoms with Crippen molar-refractivity contribution in [2.75, 3.05) is 0 Å². The van der Waals surface area contributed by atoms with Crippen LogP contribution in [-0.4, -0.2) is 31.4 Å². The smallest absolute Gasteiger partial charge is 0.157 e. The first-order valence-electron chi connectivity index (χ1n) is 6.23. The fourth-order valence-corrected chi connectivity index (χ4v) is 1.93. The Kier molecular flexibility index (Phi) is 4.04. The van der Waals surface area contributed by atoms with Crippen molar-refractivity contribution in [1.82, 2.24) is 20.2 Å². The Morgan fingerprint density at radius 2 is 2.00 bits per heavy atom. The number of aliphatic hydroxyl groups is 1. The molecule has 0 fully saturated rings. The number of rotatable bonds is 5. The molecule has 5 heteroatoms. The van der Waals surface area contributed by atoms with Crippen molar-refractivity contribution < 1.29 is 5.11 Å². The van der Waals surface area contributed by atoms with Crippen LogP contribution in [0.2, 0.25) is 0 Å². The summed E-state index contributed by atoms with van der Waals surface area (Å²) in [5, 5.41) is 21.6. The van der Waals surface area contributed by atoms with Crippen LogP contribution < -0.4 is 0 Å². The maximum atomic E-state index is 9.81. The number of nitrogens with zero attached hydrogens (tertiary/aromatic N) is 4. The SMILES string of the molecule is CCC(O)C(C)Cc1nnnn1-c1ccccc1. The fourth-order valence-electron chi connectivity index (χ4n) is 1.93. The van der Waals surface area contributed by atoms with Crippen LogP contribution in [0.25, 0.3) is 5.69 Å². The van der Waals surface area contributed by atoms with Crippen molar-refractivity contribution in [2.24, 2.45) is 5.92 Å². The van der Waals surface area contributed by atoms with Crippen molar-refractivity contribution in [3.63, 3.8) is 0 Å². The van der Waals surface area contributed by atoms with Gasteiger partial charge in [-0.1, -0.05) is 32.0 Å². The molecule has 0 aliphatic rings. The highest BCUT2D eigenvalue weighted by Gasteiger charge is 2.17. The zero-order chi connectivity index (χ0) is 13.0. The zero-order valence-corrected chi connectivity index (χ0v) is 10.7. The number of benzene rings is 1. The van der Waals surface area contributed by atoms with E-state index in [0.717, 1.165) is 17.9 Å². The van der Waals surface area contributed by atoms with Crippen molar-refractivity contribution in [2.45, 2.75) is 32.8 Å². The normalized spacial score (nSPS) is 14.4. The first-order chi connectivity index (χ1) is 8.72. The summed E-state index contributed by atoms with van der Waals surface area (Å²) in [5.41, 5.74) is 0.940. The van der Waals surface area contributed by atoms with E-state index in [9.17, 15) is 5.11 Å². The van der Waals surface area contributed by atoms with E-state index in [1.165, 1.54) is 0 Å². The molecular formula is C13H18N4O. The summed E-state index contributed by atoms with van der Waals surface area (Å²) in [6.45, 7) is 3.99. The molecule has 1 aromatic carbocycles. The third kappa shape index (κ3) is 2.73. The molecular weight excluding hydrogens is 228 g/mol. The van der Waals surface area contributed by atoms with Gasteiger partial charge in [0.2, 0.25) is 0 Å². The van der Waals surface area contributed by atoms with E-state index < -0.39 is 0 Å². The Balaban J connectivity index is 2.19. The van der Waals surface area contributed by atoms with Crippen LogP contribution in [0.15, 0.2) is 30.3 Å². The highest BCUT2D eigenvalue weighted by Crippen LogP contribution is 2.14. The second-order valence-corrected chi connectivity index (χ2v) is 4.50. The molecule has 18 heavy (non-hydrogen) atoms. The zero-order valence-electron chi connectivity index (χ0n) is 10.7. The Morgan fingerprint density at radius 3 is 2.67 bits per heavy atom. The van der Waals surface area contributed by atoms with Gasteiger partial charge >= 0.3 is 0 Å². The van der Waals surface area contributed by atoms with Gasteiger partial charge in [0, 0.05) is 6.42 Å². The minimum Gasteiger partial charge on any atom is -0.393 e. The summed E-state index contributed by atoms with van der Waals surface area (Å²) in [7, 11) is 0. The molecule has 1 N–H and O–H groups in total. The summed E-state index contributed by atoms with van der Waals surface area (Å²) < 4.78 is 1.72. The minimum atomic E-state index is -0.314. The summed E-state index contributed by atoms with van der Waals surface area (Å²) in [6, 6.07) is 9.77. The molecule has 0 aliphatic heterocycles. The van der Waals surface area contributed by atoms with Crippen LogP contribution in [0.4, 0.5) is 0 Å². The summed E-state index contributed by atoms with van der Waals surface area (Å²) in [4.78, 5) is 0. The number of hydrogen-bond acceptors (Lipinski definition) is 4. The van der Waals surface area contributed by atoms with Gasteiger partial charge in [-0.3, -0.25) is 0 Å². The lowest BCUT2D eigenvalue weighted by molar-refractivity contribution is 0.111. The van der Waals surface area contributed by atoms with Crippen molar-refractivity contribution in [1.29, 1.82) is 0 Å². The fraction of sp³-hybridized carbons (Fsp3) is 0.462. The van der Waals surface area contributed by atoms with Gasteiger partial charge in [-0.25, -0.2) is 0 Å². The first kappa shape index (κ1) is 12.7. The predicted molar refractivity (Wildman–Crippen MR) is 68.3 cm³/mol. The highest BCUT2D eigenvalue weighted by atomic mass is 16.3. The van der Waals surface area contributed by atoms with Gasteiger partial charge in [-0.05, 0) is 34.9 Å². The molecule has 2 unspecified atom stereocenters. The largest absolute Gasteiger partial charge is 0.393 e. The summed E-state index contributed by atoms with van der Waals surface area (Å²) in [5.74, 6) is 0.921. The second-order valence-electron chi connectivity index (χ2n) is 4.50. The molecule has 96 valence electrons. The molecule has 0 saturated carbocycles. The third-order valence-corrected chi connectivity index (χ3v) is 3.11. The average molecular weight is 246 g/mol. The summed E-state index contributed by atoms with van der Waals surface area (Å²) >= 11 is 0. The molecule has 2 atom stereocenters. The topological polar surface area (TPSA) is 63.8 Å². The van der Waals surface area contributed by atoms with Gasteiger partial charge < -0.3 is 5.11 Å². The Morgan fingerprint density at radius 1 is 1.28 bits per heavy atom. The van der Waals surface area contributed by atoms with Gasteiger partial charge in [0.25, 0.3) is 0 Å². The minimum absolute atomic E-state index is 0.142. The standard InChI is InChI=1S/C13H18N4O/c1-3-12(18)10(2)9-13-14-15-16-17(13)11-7-5-4-6-8-11/h4-8,10,12,18H,3,9H2,1-2H3. The molecule has 0 saturated heterocycles. The monoisotopic (exact) mass is 246 g/mol. The van der Waals surface area contributed by atoms with Crippen LogP contribution in [0, 0.1) is 5.92 Å². The maximum Gasteiger partial charge on any atom is 0.157 e. The van der Waals surface area contributed by atoms with Gasteiger partial charge in [-0.15, -0.1) is 5.10 Å². The van der Waals surface area contributed by atoms with Crippen LogP contribution in [0.5, 0.6) is 0 Å². The van der Waals surface area contributed by atoms with Crippen molar-refractivity contribution in [3.05, 3.63) is 36.2 Å². The Bertz CT molecular complexity index is 483.